The summed E-state index contributed by atoms with van der Waals surface area (Å²) < 4.78 is 0. The molecule has 1 rings (SSSR count). The molecule has 2 N–H and O–H groups in total. The second kappa shape index (κ2) is 4.10. The maximum atomic E-state index is 5.79. The summed E-state index contributed by atoms with van der Waals surface area (Å²) in [7, 11) is 0. The molecule has 1 aliphatic rings. The van der Waals surface area contributed by atoms with E-state index in [9.17, 15) is 0 Å². The van der Waals surface area contributed by atoms with Crippen LogP contribution in [0.1, 0.15) is 26.2 Å². The van der Waals surface area contributed by atoms with Crippen LogP contribution in [-0.4, -0.2) is 5.84 Å². The molecule has 0 bridgehead atoms. The molecule has 0 aromatic heterocycles. The molecule has 0 spiro atoms. The van der Waals surface area contributed by atoms with Crippen LogP contribution in [0, 0.1) is 5.92 Å². The summed E-state index contributed by atoms with van der Waals surface area (Å²) in [5, 5.41) is 0. The Morgan fingerprint density at radius 3 is 2.67 bits per heavy atom. The number of nitrogens with zero attached hydrogens (tertiary/aromatic N) is 1. The van der Waals surface area contributed by atoms with Gasteiger partial charge in [0.1, 0.15) is 5.84 Å². The number of rotatable bonds is 3. The molecule has 66 valence electrons. The molecule has 0 aromatic carbocycles. The van der Waals surface area contributed by atoms with Gasteiger partial charge < -0.3 is 5.73 Å². The van der Waals surface area contributed by atoms with Crippen LogP contribution in [0.2, 0.25) is 0 Å². The maximum absolute atomic E-state index is 5.79. The summed E-state index contributed by atoms with van der Waals surface area (Å²) in [6.07, 6.45) is 7.30. The van der Waals surface area contributed by atoms with Crippen molar-refractivity contribution >= 4 is 5.84 Å². The van der Waals surface area contributed by atoms with Gasteiger partial charge in [-0.1, -0.05) is 19.1 Å². The molecule has 0 aliphatic heterocycles. The van der Waals surface area contributed by atoms with Crippen molar-refractivity contribution in [1.82, 2.24) is 0 Å². The Morgan fingerprint density at radius 2 is 2.25 bits per heavy atom. The van der Waals surface area contributed by atoms with Gasteiger partial charge in [-0.2, -0.15) is 0 Å². The molecule has 0 amide bonds. The van der Waals surface area contributed by atoms with Gasteiger partial charge in [0.2, 0.25) is 0 Å². The molecule has 12 heavy (non-hydrogen) atoms. The van der Waals surface area contributed by atoms with E-state index >= 15 is 0 Å². The fourth-order valence-electron chi connectivity index (χ4n) is 1.21. The molecule has 1 fully saturated rings. The summed E-state index contributed by atoms with van der Waals surface area (Å²) in [6.45, 7) is 5.54. The highest BCUT2D eigenvalue weighted by atomic mass is 14.9. The molecular formula is C10H16N2. The van der Waals surface area contributed by atoms with Crippen molar-refractivity contribution in [3.63, 3.8) is 0 Å². The molecule has 0 heterocycles. The van der Waals surface area contributed by atoms with Crippen molar-refractivity contribution in [2.45, 2.75) is 26.2 Å². The van der Waals surface area contributed by atoms with Crippen LogP contribution >= 0.6 is 0 Å². The summed E-state index contributed by atoms with van der Waals surface area (Å²) >= 11 is 0. The fourth-order valence-corrected chi connectivity index (χ4v) is 1.21. The van der Waals surface area contributed by atoms with Crippen LogP contribution in [0.25, 0.3) is 0 Å². The first-order chi connectivity index (χ1) is 5.74. The van der Waals surface area contributed by atoms with E-state index in [1.54, 1.807) is 6.08 Å². The van der Waals surface area contributed by atoms with E-state index in [1.165, 1.54) is 19.3 Å². The molecule has 0 atom stereocenters. The minimum atomic E-state index is 0.540. The second-order valence-electron chi connectivity index (χ2n) is 3.21. The largest absolute Gasteiger partial charge is 0.387 e. The molecule has 0 unspecified atom stereocenters. The highest BCUT2D eigenvalue weighted by Crippen LogP contribution is 2.26. The van der Waals surface area contributed by atoms with Gasteiger partial charge in [0.25, 0.3) is 0 Å². The summed E-state index contributed by atoms with van der Waals surface area (Å²) in [4.78, 5) is 4.27. The minimum Gasteiger partial charge on any atom is -0.387 e. The fraction of sp³-hybridized carbons (Fsp3) is 0.500. The first-order valence-electron chi connectivity index (χ1n) is 4.37. The molecule has 0 radical (unpaired) electrons. The van der Waals surface area contributed by atoms with Crippen molar-refractivity contribution in [2.75, 3.05) is 0 Å². The van der Waals surface area contributed by atoms with E-state index in [4.69, 9.17) is 5.73 Å². The minimum absolute atomic E-state index is 0.540. The lowest BCUT2D eigenvalue weighted by molar-refractivity contribution is 0.410. The number of allylic oxidation sites excluding steroid dienone is 3. The number of amidine groups is 1. The van der Waals surface area contributed by atoms with E-state index in [2.05, 4.69) is 11.6 Å². The predicted octanol–water partition coefficient (Wildman–Crippen LogP) is 2.23. The Balaban J connectivity index is 2.53. The summed E-state index contributed by atoms with van der Waals surface area (Å²) in [5.74, 6) is 1.33. The van der Waals surface area contributed by atoms with Crippen LogP contribution < -0.4 is 5.73 Å². The van der Waals surface area contributed by atoms with Crippen molar-refractivity contribution in [1.29, 1.82) is 0 Å². The third-order valence-corrected chi connectivity index (χ3v) is 2.19. The molecule has 2 nitrogen and oxygen atoms in total. The van der Waals surface area contributed by atoms with Gasteiger partial charge in [-0.3, -0.25) is 0 Å². The van der Waals surface area contributed by atoms with E-state index < -0.39 is 0 Å². The van der Waals surface area contributed by atoms with E-state index in [0.29, 0.717) is 5.92 Å². The lowest BCUT2D eigenvalue weighted by Gasteiger charge is -2.24. The van der Waals surface area contributed by atoms with Crippen LogP contribution in [0.3, 0.4) is 0 Å². The van der Waals surface area contributed by atoms with Crippen molar-refractivity contribution in [2.24, 2.45) is 16.6 Å². The molecular weight excluding hydrogens is 148 g/mol. The van der Waals surface area contributed by atoms with Gasteiger partial charge in [0.05, 0.1) is 0 Å². The molecule has 1 aliphatic carbocycles. The SMILES string of the molecule is C=C/C=C(/C)N=C(N)C1CCC1. The Labute approximate surface area is 73.9 Å². The molecule has 0 saturated heterocycles. The average Bonchev–Trinajstić information content (AvgIpc) is 1.82. The van der Waals surface area contributed by atoms with Crippen LogP contribution in [0.4, 0.5) is 0 Å². The number of hydrogen-bond acceptors (Lipinski definition) is 1. The average molecular weight is 164 g/mol. The summed E-state index contributed by atoms with van der Waals surface area (Å²) in [6, 6.07) is 0. The van der Waals surface area contributed by atoms with Gasteiger partial charge >= 0.3 is 0 Å². The zero-order chi connectivity index (χ0) is 8.97. The van der Waals surface area contributed by atoms with Gasteiger partial charge in [-0.15, -0.1) is 0 Å². The van der Waals surface area contributed by atoms with Gasteiger partial charge in [0.15, 0.2) is 0 Å². The maximum Gasteiger partial charge on any atom is 0.102 e. The quantitative estimate of drug-likeness (QED) is 0.388. The number of hydrogen-bond donors (Lipinski definition) is 1. The van der Waals surface area contributed by atoms with Crippen molar-refractivity contribution in [3.8, 4) is 0 Å². The topological polar surface area (TPSA) is 38.4 Å². The van der Waals surface area contributed by atoms with Crippen molar-refractivity contribution in [3.05, 3.63) is 24.4 Å². The standard InChI is InChI=1S/C10H16N2/c1-3-5-8(2)12-10(11)9-6-4-7-9/h3,5,9H,1,4,6-7H2,2H3,(H2,11,12)/b8-5-. The lowest BCUT2D eigenvalue weighted by atomic mass is 9.84. The first kappa shape index (κ1) is 9.04. The monoisotopic (exact) mass is 164 g/mol. The normalized spacial score (nSPS) is 20.4. The third kappa shape index (κ3) is 2.22. The van der Waals surface area contributed by atoms with Gasteiger partial charge in [0, 0.05) is 11.6 Å². The predicted molar refractivity (Wildman–Crippen MR) is 52.9 cm³/mol. The Kier molecular flexibility index (Phi) is 3.09. The molecule has 1 saturated carbocycles. The number of aliphatic imine (C=N–C) groups is 1. The lowest BCUT2D eigenvalue weighted by Crippen LogP contribution is -2.29. The zero-order valence-electron chi connectivity index (χ0n) is 7.59. The highest BCUT2D eigenvalue weighted by Gasteiger charge is 2.20. The molecule has 2 heteroatoms. The van der Waals surface area contributed by atoms with Crippen LogP contribution in [0.5, 0.6) is 0 Å². The zero-order valence-corrected chi connectivity index (χ0v) is 7.59. The number of nitrogens with two attached hydrogens (primary N) is 1. The van der Waals surface area contributed by atoms with Crippen LogP contribution in [-0.2, 0) is 0 Å². The Hall–Kier alpha value is -1.05. The smallest absolute Gasteiger partial charge is 0.102 e. The van der Waals surface area contributed by atoms with Crippen molar-refractivity contribution < 1.29 is 0 Å². The van der Waals surface area contributed by atoms with E-state index in [-0.39, 0.29) is 0 Å². The second-order valence-corrected chi connectivity index (χ2v) is 3.21. The Morgan fingerprint density at radius 1 is 1.58 bits per heavy atom. The van der Waals surface area contributed by atoms with E-state index in [0.717, 1.165) is 11.5 Å². The molecule has 0 aromatic rings. The van der Waals surface area contributed by atoms with E-state index in [1.807, 2.05) is 13.0 Å². The van der Waals surface area contributed by atoms with Crippen LogP contribution in [0.15, 0.2) is 29.4 Å². The van der Waals surface area contributed by atoms with Gasteiger partial charge in [-0.25, -0.2) is 4.99 Å². The Bertz CT molecular complexity index is 222. The summed E-state index contributed by atoms with van der Waals surface area (Å²) in [5.41, 5.74) is 6.72. The van der Waals surface area contributed by atoms with Gasteiger partial charge in [-0.05, 0) is 25.8 Å². The highest BCUT2D eigenvalue weighted by molar-refractivity contribution is 5.84. The third-order valence-electron chi connectivity index (χ3n) is 2.19. The first-order valence-corrected chi connectivity index (χ1v) is 4.37.